The molecule has 4 heavy (non-hydrogen) atoms. The minimum absolute atomic E-state index is 0. The molecule has 0 radical (unpaired) electrons. The third-order valence-electron chi connectivity index (χ3n) is 0. The fourth-order valence-corrected chi connectivity index (χ4v) is 0. The van der Waals surface area contributed by atoms with E-state index in [2.05, 4.69) is 0 Å². The summed E-state index contributed by atoms with van der Waals surface area (Å²) >= 11 is 0. The van der Waals surface area contributed by atoms with Crippen molar-refractivity contribution in [2.45, 2.75) is 0 Å². The van der Waals surface area contributed by atoms with E-state index in [1.165, 1.54) is 0 Å². The van der Waals surface area contributed by atoms with Gasteiger partial charge in [0.15, 0.2) is 0 Å². The Kier molecular flexibility index (Phi) is 19.9. The van der Waals surface area contributed by atoms with Crippen LogP contribution in [0.5, 0.6) is 0 Å². The van der Waals surface area contributed by atoms with Crippen molar-refractivity contribution in [3.8, 4) is 0 Å². The third kappa shape index (κ3) is 10.7. The molecular weight excluding hydrogens is 131 g/mol. The van der Waals surface area contributed by atoms with E-state index in [4.69, 9.17) is 10.1 Å². The van der Waals surface area contributed by atoms with Gasteiger partial charge in [-0.1, -0.05) is 0 Å². The maximum absolute atomic E-state index is 8.00. The Hall–Kier alpha value is 1.21. The summed E-state index contributed by atoms with van der Waals surface area (Å²) in [5, 5.41) is 9.00. The monoisotopic (exact) mass is 131 g/mol. The van der Waals surface area contributed by atoms with Gasteiger partial charge in [-0.3, -0.25) is 0 Å². The molecule has 0 aliphatic carbocycles. The SMILES string of the molecule is O=N[O-].[Rb+]. The molecule has 0 aliphatic rings. The van der Waals surface area contributed by atoms with E-state index < -0.39 is 0 Å². The number of hydrogen-bond donors (Lipinski definition) is 0. The maximum Gasteiger partial charge on any atom is 1.00 e. The molecule has 0 aromatic carbocycles. The second kappa shape index (κ2) is 8.88. The summed E-state index contributed by atoms with van der Waals surface area (Å²) in [6, 6.07) is 0. The Morgan fingerprint density at radius 3 is 1.75 bits per heavy atom. The molecule has 0 bridgehead atoms. The first-order valence-electron chi connectivity index (χ1n) is 0.365. The first-order valence-corrected chi connectivity index (χ1v) is 0.365. The van der Waals surface area contributed by atoms with Gasteiger partial charge in [-0.05, 0) is 0 Å². The Labute approximate surface area is 72.1 Å². The Morgan fingerprint density at radius 1 is 1.75 bits per heavy atom. The topological polar surface area (TPSA) is 52.5 Å². The van der Waals surface area contributed by atoms with E-state index >= 15 is 0 Å². The van der Waals surface area contributed by atoms with Crippen LogP contribution < -0.4 is 58.2 Å². The van der Waals surface area contributed by atoms with E-state index in [1.807, 2.05) is 0 Å². The molecule has 0 spiro atoms. The van der Waals surface area contributed by atoms with E-state index in [0.29, 0.717) is 0 Å². The Balaban J connectivity index is 0. The largest absolute Gasteiger partial charge is 1.00 e. The number of rotatable bonds is 0. The van der Waals surface area contributed by atoms with Crippen molar-refractivity contribution in [2.75, 3.05) is 0 Å². The van der Waals surface area contributed by atoms with Crippen molar-refractivity contribution in [2.24, 2.45) is 5.34 Å². The molecule has 0 N–H and O–H groups in total. The molecule has 0 heterocycles. The van der Waals surface area contributed by atoms with E-state index in [9.17, 15) is 0 Å². The van der Waals surface area contributed by atoms with Gasteiger partial charge in [0.05, 0.1) is 0 Å². The van der Waals surface area contributed by atoms with Crippen LogP contribution in [0.2, 0.25) is 0 Å². The quantitative estimate of drug-likeness (QED) is 0.265. The van der Waals surface area contributed by atoms with Gasteiger partial charge in [0, 0.05) is 0 Å². The summed E-state index contributed by atoms with van der Waals surface area (Å²) < 4.78 is 0. The van der Waals surface area contributed by atoms with Crippen LogP contribution in [0, 0.1) is 10.1 Å². The van der Waals surface area contributed by atoms with Gasteiger partial charge >= 0.3 is 58.2 Å². The van der Waals surface area contributed by atoms with Crippen molar-refractivity contribution in [3.63, 3.8) is 0 Å². The van der Waals surface area contributed by atoms with Crippen molar-refractivity contribution in [1.29, 1.82) is 0 Å². The number of nitrogens with zero attached hydrogens (tertiary/aromatic N) is 1. The van der Waals surface area contributed by atoms with Crippen LogP contribution in [-0.4, -0.2) is 0 Å². The third-order valence-corrected chi connectivity index (χ3v) is 0. The molecular formula is NO2Rb. The molecule has 0 aromatic heterocycles. The van der Waals surface area contributed by atoms with Crippen LogP contribution >= 0.6 is 0 Å². The van der Waals surface area contributed by atoms with E-state index in [-0.39, 0.29) is 58.2 Å². The summed E-state index contributed by atoms with van der Waals surface area (Å²) in [5.41, 5.74) is 0. The van der Waals surface area contributed by atoms with Gasteiger partial charge in [-0.2, -0.15) is 0 Å². The number of hydrogen-bond acceptors (Lipinski definition) is 3. The summed E-state index contributed by atoms with van der Waals surface area (Å²) in [4.78, 5) is 8.00. The molecule has 0 amide bonds. The first kappa shape index (κ1) is 8.96. The predicted octanol–water partition coefficient (Wildman–Crippen LogP) is -2.75. The summed E-state index contributed by atoms with van der Waals surface area (Å²) in [7, 11) is 0. The van der Waals surface area contributed by atoms with E-state index in [0.717, 1.165) is 5.34 Å². The van der Waals surface area contributed by atoms with Crippen LogP contribution in [-0.2, 0) is 0 Å². The first-order chi connectivity index (χ1) is 1.41. The van der Waals surface area contributed by atoms with Crippen molar-refractivity contribution in [3.05, 3.63) is 10.1 Å². The van der Waals surface area contributed by atoms with Crippen molar-refractivity contribution in [1.82, 2.24) is 0 Å². The average molecular weight is 131 g/mol. The fourth-order valence-electron chi connectivity index (χ4n) is 0. The molecule has 0 saturated heterocycles. The minimum Gasteiger partial charge on any atom is -0.444 e. The van der Waals surface area contributed by atoms with Gasteiger partial charge in [-0.15, -0.1) is 5.34 Å². The van der Waals surface area contributed by atoms with Gasteiger partial charge in [-0.25, -0.2) is 0 Å². The molecule has 0 unspecified atom stereocenters. The summed E-state index contributed by atoms with van der Waals surface area (Å²) in [6.45, 7) is 0. The van der Waals surface area contributed by atoms with Crippen LogP contribution in [0.1, 0.15) is 0 Å². The van der Waals surface area contributed by atoms with Gasteiger partial charge in [0.2, 0.25) is 0 Å². The zero-order chi connectivity index (χ0) is 2.71. The average Bonchev–Trinajstić information content (AvgIpc) is 0.918. The summed E-state index contributed by atoms with van der Waals surface area (Å²) in [6.07, 6.45) is 0. The van der Waals surface area contributed by atoms with E-state index in [1.54, 1.807) is 0 Å². The van der Waals surface area contributed by atoms with Gasteiger partial charge in [0.1, 0.15) is 0 Å². The molecule has 0 saturated carbocycles. The van der Waals surface area contributed by atoms with Crippen LogP contribution in [0.4, 0.5) is 0 Å². The smallest absolute Gasteiger partial charge is 0.444 e. The molecule has 0 aromatic rings. The van der Waals surface area contributed by atoms with Crippen LogP contribution in [0.25, 0.3) is 0 Å². The van der Waals surface area contributed by atoms with Gasteiger partial charge < -0.3 is 10.1 Å². The molecule has 18 valence electrons. The molecule has 0 aliphatic heterocycles. The zero-order valence-electron chi connectivity index (χ0n) is 2.26. The van der Waals surface area contributed by atoms with Crippen molar-refractivity contribution < 1.29 is 58.2 Å². The summed E-state index contributed by atoms with van der Waals surface area (Å²) in [5.74, 6) is 0. The normalized spacial score (nSPS) is 3.00. The van der Waals surface area contributed by atoms with Crippen LogP contribution in [0.15, 0.2) is 5.34 Å². The molecule has 0 atom stereocenters. The molecule has 0 fully saturated rings. The second-order valence-corrected chi connectivity index (χ2v) is 0.0745. The second-order valence-electron chi connectivity index (χ2n) is 0.0745. The van der Waals surface area contributed by atoms with Crippen molar-refractivity contribution >= 4 is 0 Å². The molecule has 0 rings (SSSR count). The maximum atomic E-state index is 8.00. The van der Waals surface area contributed by atoms with Crippen LogP contribution in [0.3, 0.4) is 0 Å². The molecule has 3 nitrogen and oxygen atoms in total. The molecule has 4 heteroatoms. The Morgan fingerprint density at radius 2 is 1.75 bits per heavy atom. The minimum atomic E-state index is 0. The van der Waals surface area contributed by atoms with Gasteiger partial charge in [0.25, 0.3) is 0 Å². The zero-order valence-corrected chi connectivity index (χ0v) is 7.18. The standard InChI is InChI=1S/HNO2.Rb/c2-1-3;/h(H,2,3);/q;+1/p-1. The predicted molar refractivity (Wildman–Crippen MR) is 9.16 cm³/mol. The Bertz CT molecular complexity index is 13.5. The fraction of sp³-hybridized carbons (Fsp3) is 0.